The number of likely N-dealkylation sites (tertiary alicyclic amines) is 1. The van der Waals surface area contributed by atoms with Crippen molar-refractivity contribution in [3.63, 3.8) is 0 Å². The highest BCUT2D eigenvalue weighted by atomic mass is 16.5. The lowest BCUT2D eigenvalue weighted by atomic mass is 9.96. The largest absolute Gasteiger partial charge is 0.494 e. The molecule has 3 nitrogen and oxygen atoms in total. The van der Waals surface area contributed by atoms with Gasteiger partial charge in [-0.1, -0.05) is 25.5 Å². The molecule has 3 rings (SSSR count). The summed E-state index contributed by atoms with van der Waals surface area (Å²) in [5.74, 6) is 0.973. The first-order chi connectivity index (χ1) is 10.3. The highest BCUT2D eigenvalue weighted by molar-refractivity contribution is 5.30. The first kappa shape index (κ1) is 14.9. The standard InChI is InChI=1S/C18H28N2O/c1-2-13-21-16-10-6-14(7-11-16)18-17(19)5-3-4-12-20(18)15-8-9-15/h6-7,10-11,15,17-18H,2-5,8-9,12-13,19H2,1H3. The van der Waals surface area contributed by atoms with E-state index in [1.165, 1.54) is 37.8 Å². The van der Waals surface area contributed by atoms with Crippen molar-refractivity contribution in [2.24, 2.45) is 5.73 Å². The van der Waals surface area contributed by atoms with Gasteiger partial charge in [-0.3, -0.25) is 4.90 Å². The fraction of sp³-hybridized carbons (Fsp3) is 0.667. The molecule has 0 spiro atoms. The van der Waals surface area contributed by atoms with Gasteiger partial charge in [-0.25, -0.2) is 0 Å². The summed E-state index contributed by atoms with van der Waals surface area (Å²) >= 11 is 0. The Balaban J connectivity index is 1.77. The van der Waals surface area contributed by atoms with Crippen LogP contribution < -0.4 is 10.5 Å². The van der Waals surface area contributed by atoms with Crippen molar-refractivity contribution < 1.29 is 4.74 Å². The van der Waals surface area contributed by atoms with E-state index >= 15 is 0 Å². The first-order valence-corrected chi connectivity index (χ1v) is 8.53. The van der Waals surface area contributed by atoms with E-state index in [9.17, 15) is 0 Å². The summed E-state index contributed by atoms with van der Waals surface area (Å²) in [7, 11) is 0. The van der Waals surface area contributed by atoms with Crippen LogP contribution in [0.4, 0.5) is 0 Å². The minimum absolute atomic E-state index is 0.260. The first-order valence-electron chi connectivity index (χ1n) is 8.53. The fourth-order valence-corrected chi connectivity index (χ4v) is 3.45. The van der Waals surface area contributed by atoms with Gasteiger partial charge in [-0.15, -0.1) is 0 Å². The summed E-state index contributed by atoms with van der Waals surface area (Å²) in [5, 5.41) is 0. The number of nitrogens with two attached hydrogens (primary N) is 1. The van der Waals surface area contributed by atoms with Crippen LogP contribution in [0.1, 0.15) is 57.1 Å². The minimum atomic E-state index is 0.260. The lowest BCUT2D eigenvalue weighted by Crippen LogP contribution is -2.41. The molecule has 1 heterocycles. The van der Waals surface area contributed by atoms with Gasteiger partial charge >= 0.3 is 0 Å². The maximum absolute atomic E-state index is 6.51. The Labute approximate surface area is 128 Å². The number of rotatable bonds is 5. The van der Waals surface area contributed by atoms with Crippen molar-refractivity contribution in [3.8, 4) is 5.75 Å². The molecule has 0 aromatic heterocycles. The summed E-state index contributed by atoms with van der Waals surface area (Å²) < 4.78 is 5.69. The number of hydrogen-bond donors (Lipinski definition) is 1. The SMILES string of the molecule is CCCOc1ccc(C2C(N)CCCCN2C2CC2)cc1. The summed E-state index contributed by atoms with van der Waals surface area (Å²) in [4.78, 5) is 2.67. The number of nitrogens with zero attached hydrogens (tertiary/aromatic N) is 1. The smallest absolute Gasteiger partial charge is 0.119 e. The predicted octanol–water partition coefficient (Wildman–Crippen LogP) is 3.49. The minimum Gasteiger partial charge on any atom is -0.494 e. The maximum atomic E-state index is 6.51. The van der Waals surface area contributed by atoms with Crippen LogP contribution in [-0.4, -0.2) is 30.1 Å². The molecule has 1 aliphatic heterocycles. The second-order valence-corrected chi connectivity index (χ2v) is 6.49. The average molecular weight is 288 g/mol. The van der Waals surface area contributed by atoms with Crippen molar-refractivity contribution in [1.82, 2.24) is 4.90 Å². The second kappa shape index (κ2) is 6.80. The van der Waals surface area contributed by atoms with Crippen LogP contribution in [0.15, 0.2) is 24.3 Å². The third-order valence-corrected chi connectivity index (χ3v) is 4.68. The molecule has 1 aromatic rings. The van der Waals surface area contributed by atoms with Crippen LogP contribution >= 0.6 is 0 Å². The molecule has 1 aliphatic carbocycles. The number of ether oxygens (including phenoxy) is 1. The molecule has 21 heavy (non-hydrogen) atoms. The third kappa shape index (κ3) is 3.58. The van der Waals surface area contributed by atoms with Crippen molar-refractivity contribution in [1.29, 1.82) is 0 Å². The Hall–Kier alpha value is -1.06. The van der Waals surface area contributed by atoms with Crippen LogP contribution in [0, 0.1) is 0 Å². The zero-order valence-electron chi connectivity index (χ0n) is 13.1. The summed E-state index contributed by atoms with van der Waals surface area (Å²) in [6.07, 6.45) is 7.44. The van der Waals surface area contributed by atoms with Gasteiger partial charge in [0.1, 0.15) is 5.75 Å². The Bertz CT molecular complexity index is 441. The highest BCUT2D eigenvalue weighted by Crippen LogP contribution is 2.38. The lowest BCUT2D eigenvalue weighted by Gasteiger charge is -2.34. The third-order valence-electron chi connectivity index (χ3n) is 4.68. The molecule has 0 radical (unpaired) electrons. The van der Waals surface area contributed by atoms with Crippen molar-refractivity contribution in [2.45, 2.75) is 63.6 Å². The Morgan fingerprint density at radius 3 is 2.57 bits per heavy atom. The topological polar surface area (TPSA) is 38.5 Å². The van der Waals surface area contributed by atoms with Crippen LogP contribution in [0.5, 0.6) is 5.75 Å². The molecule has 1 aromatic carbocycles. The molecule has 2 N–H and O–H groups in total. The van der Waals surface area contributed by atoms with E-state index in [4.69, 9.17) is 10.5 Å². The molecule has 2 unspecified atom stereocenters. The van der Waals surface area contributed by atoms with E-state index in [2.05, 4.69) is 36.1 Å². The molecule has 3 heteroatoms. The molecule has 2 aliphatic rings. The lowest BCUT2D eigenvalue weighted by molar-refractivity contribution is 0.175. The summed E-state index contributed by atoms with van der Waals surface area (Å²) in [5.41, 5.74) is 7.87. The van der Waals surface area contributed by atoms with Crippen LogP contribution in [-0.2, 0) is 0 Å². The van der Waals surface area contributed by atoms with Gasteiger partial charge in [0.25, 0.3) is 0 Å². The van der Waals surface area contributed by atoms with E-state index < -0.39 is 0 Å². The van der Waals surface area contributed by atoms with E-state index in [1.807, 2.05) is 0 Å². The van der Waals surface area contributed by atoms with Gasteiger partial charge in [-0.05, 0) is 56.3 Å². The zero-order chi connectivity index (χ0) is 14.7. The molecule has 2 fully saturated rings. The van der Waals surface area contributed by atoms with Gasteiger partial charge in [0.15, 0.2) is 0 Å². The van der Waals surface area contributed by atoms with Gasteiger partial charge in [0.2, 0.25) is 0 Å². The maximum Gasteiger partial charge on any atom is 0.119 e. The van der Waals surface area contributed by atoms with E-state index in [0.29, 0.717) is 6.04 Å². The van der Waals surface area contributed by atoms with Crippen LogP contribution in [0.3, 0.4) is 0 Å². The van der Waals surface area contributed by atoms with Crippen LogP contribution in [0.2, 0.25) is 0 Å². The molecule has 116 valence electrons. The molecular weight excluding hydrogens is 260 g/mol. The normalized spacial score (nSPS) is 27.3. The van der Waals surface area contributed by atoms with Gasteiger partial charge in [0, 0.05) is 12.1 Å². The second-order valence-electron chi connectivity index (χ2n) is 6.49. The monoisotopic (exact) mass is 288 g/mol. The quantitative estimate of drug-likeness (QED) is 0.901. The molecule has 0 amide bonds. The molecular formula is C18H28N2O. The number of benzene rings is 1. The van der Waals surface area contributed by atoms with E-state index in [1.54, 1.807) is 0 Å². The van der Waals surface area contributed by atoms with Gasteiger partial charge in [-0.2, -0.15) is 0 Å². The van der Waals surface area contributed by atoms with Crippen molar-refractivity contribution >= 4 is 0 Å². The van der Waals surface area contributed by atoms with Gasteiger partial charge in [0.05, 0.1) is 12.6 Å². The van der Waals surface area contributed by atoms with Crippen molar-refractivity contribution in [3.05, 3.63) is 29.8 Å². The Morgan fingerprint density at radius 1 is 1.14 bits per heavy atom. The molecule has 1 saturated heterocycles. The predicted molar refractivity (Wildman–Crippen MR) is 86.5 cm³/mol. The summed E-state index contributed by atoms with van der Waals surface area (Å²) in [6.45, 7) is 4.13. The molecule has 0 bridgehead atoms. The highest BCUT2D eigenvalue weighted by Gasteiger charge is 2.38. The Kier molecular flexibility index (Phi) is 4.81. The number of hydrogen-bond acceptors (Lipinski definition) is 3. The zero-order valence-corrected chi connectivity index (χ0v) is 13.1. The average Bonchev–Trinajstić information content (AvgIpc) is 3.33. The van der Waals surface area contributed by atoms with E-state index in [-0.39, 0.29) is 6.04 Å². The van der Waals surface area contributed by atoms with Gasteiger partial charge < -0.3 is 10.5 Å². The van der Waals surface area contributed by atoms with Crippen molar-refractivity contribution in [2.75, 3.05) is 13.2 Å². The summed E-state index contributed by atoms with van der Waals surface area (Å²) in [6, 6.07) is 10.1. The molecule has 2 atom stereocenters. The van der Waals surface area contributed by atoms with Crippen LogP contribution in [0.25, 0.3) is 0 Å². The fourth-order valence-electron chi connectivity index (χ4n) is 3.45. The Morgan fingerprint density at radius 2 is 1.90 bits per heavy atom. The molecule has 1 saturated carbocycles. The van der Waals surface area contributed by atoms with E-state index in [0.717, 1.165) is 31.2 Å².